The first-order valence-corrected chi connectivity index (χ1v) is 7.97. The maximum absolute atomic E-state index is 12.6. The van der Waals surface area contributed by atoms with Gasteiger partial charge in [0.2, 0.25) is 0 Å². The number of sulfonamides is 1. The van der Waals surface area contributed by atoms with E-state index in [4.69, 9.17) is 0 Å². The summed E-state index contributed by atoms with van der Waals surface area (Å²) in [6.45, 7) is 3.72. The van der Waals surface area contributed by atoms with Gasteiger partial charge < -0.3 is 4.40 Å². The molecule has 0 fully saturated rings. The van der Waals surface area contributed by atoms with Gasteiger partial charge in [0.15, 0.2) is 5.65 Å². The predicted molar refractivity (Wildman–Crippen MR) is 81.9 cm³/mol. The molecule has 2 heterocycles. The van der Waals surface area contributed by atoms with Crippen molar-refractivity contribution in [2.75, 3.05) is 4.72 Å². The van der Waals surface area contributed by atoms with Gasteiger partial charge in [0.1, 0.15) is 0 Å². The number of rotatable bonds is 3. The highest BCUT2D eigenvalue weighted by molar-refractivity contribution is 7.92. The molecule has 108 valence electrons. The molecule has 3 aromatic rings. The number of pyridine rings is 1. The minimum absolute atomic E-state index is 0.279. The van der Waals surface area contributed by atoms with E-state index < -0.39 is 10.0 Å². The highest BCUT2D eigenvalue weighted by atomic mass is 32.2. The molecule has 0 aliphatic carbocycles. The van der Waals surface area contributed by atoms with Crippen molar-refractivity contribution in [3.63, 3.8) is 0 Å². The van der Waals surface area contributed by atoms with Gasteiger partial charge in [-0.3, -0.25) is 4.72 Å². The molecular formula is C15H15N3O2S. The van der Waals surface area contributed by atoms with E-state index in [0.717, 1.165) is 11.1 Å². The van der Waals surface area contributed by atoms with Gasteiger partial charge in [-0.15, -0.1) is 0 Å². The normalized spacial score (nSPS) is 11.7. The van der Waals surface area contributed by atoms with Crippen molar-refractivity contribution in [3.8, 4) is 0 Å². The summed E-state index contributed by atoms with van der Waals surface area (Å²) < 4.78 is 29.5. The van der Waals surface area contributed by atoms with E-state index in [9.17, 15) is 8.42 Å². The summed E-state index contributed by atoms with van der Waals surface area (Å²) in [6, 6.07) is 8.74. The highest BCUT2D eigenvalue weighted by Crippen LogP contribution is 2.22. The van der Waals surface area contributed by atoms with Crippen LogP contribution in [0.5, 0.6) is 0 Å². The van der Waals surface area contributed by atoms with Crippen LogP contribution in [0.4, 0.5) is 5.69 Å². The average molecular weight is 301 g/mol. The van der Waals surface area contributed by atoms with Crippen molar-refractivity contribution in [1.82, 2.24) is 9.38 Å². The SMILES string of the molecule is Cc1ccc(S(=O)(=O)Nc2cccn3ccnc23)c(C)c1. The summed E-state index contributed by atoms with van der Waals surface area (Å²) >= 11 is 0. The largest absolute Gasteiger partial charge is 0.305 e. The van der Waals surface area contributed by atoms with E-state index in [1.54, 1.807) is 48.0 Å². The number of anilines is 1. The Kier molecular flexibility index (Phi) is 3.17. The van der Waals surface area contributed by atoms with Crippen molar-refractivity contribution >= 4 is 21.4 Å². The second-order valence-corrected chi connectivity index (χ2v) is 6.61. The zero-order valence-electron chi connectivity index (χ0n) is 11.7. The van der Waals surface area contributed by atoms with Gasteiger partial charge >= 0.3 is 0 Å². The number of aromatic nitrogens is 2. The second kappa shape index (κ2) is 4.89. The van der Waals surface area contributed by atoms with Crippen LogP contribution >= 0.6 is 0 Å². The van der Waals surface area contributed by atoms with Gasteiger partial charge in [-0.1, -0.05) is 17.7 Å². The first kappa shape index (κ1) is 13.6. The maximum atomic E-state index is 12.6. The Labute approximate surface area is 123 Å². The molecule has 0 unspecified atom stereocenters. The molecule has 0 saturated heterocycles. The molecule has 0 aliphatic rings. The molecule has 6 heteroatoms. The second-order valence-electron chi connectivity index (χ2n) is 4.95. The van der Waals surface area contributed by atoms with E-state index in [0.29, 0.717) is 11.3 Å². The van der Waals surface area contributed by atoms with Gasteiger partial charge in [-0.2, -0.15) is 0 Å². The fourth-order valence-corrected chi connectivity index (χ4v) is 3.62. The average Bonchev–Trinajstić information content (AvgIpc) is 2.87. The molecule has 0 aliphatic heterocycles. The lowest BCUT2D eigenvalue weighted by atomic mass is 10.2. The fraction of sp³-hybridized carbons (Fsp3) is 0.133. The molecule has 0 bridgehead atoms. The van der Waals surface area contributed by atoms with Gasteiger partial charge in [-0.25, -0.2) is 13.4 Å². The van der Waals surface area contributed by atoms with Crippen LogP contribution < -0.4 is 4.72 Å². The number of imidazole rings is 1. The van der Waals surface area contributed by atoms with Crippen LogP contribution in [0.25, 0.3) is 5.65 Å². The van der Waals surface area contributed by atoms with Crippen LogP contribution in [0, 0.1) is 13.8 Å². The van der Waals surface area contributed by atoms with E-state index in [2.05, 4.69) is 9.71 Å². The Bertz CT molecular complexity index is 914. The van der Waals surface area contributed by atoms with Gasteiger partial charge in [0.05, 0.1) is 10.6 Å². The molecular weight excluding hydrogens is 286 g/mol. The number of nitrogens with zero attached hydrogens (tertiary/aromatic N) is 2. The molecule has 2 aromatic heterocycles. The molecule has 3 rings (SSSR count). The monoisotopic (exact) mass is 301 g/mol. The Hall–Kier alpha value is -2.34. The lowest BCUT2D eigenvalue weighted by Crippen LogP contribution is -2.15. The van der Waals surface area contributed by atoms with Crippen molar-refractivity contribution in [2.45, 2.75) is 18.7 Å². The summed E-state index contributed by atoms with van der Waals surface area (Å²) in [4.78, 5) is 4.45. The lowest BCUT2D eigenvalue weighted by molar-refractivity contribution is 0.600. The zero-order chi connectivity index (χ0) is 15.0. The predicted octanol–water partition coefficient (Wildman–Crippen LogP) is 2.75. The van der Waals surface area contributed by atoms with Crippen LogP contribution in [-0.4, -0.2) is 17.8 Å². The quantitative estimate of drug-likeness (QED) is 0.809. The van der Waals surface area contributed by atoms with Crippen molar-refractivity contribution in [3.05, 3.63) is 60.0 Å². The van der Waals surface area contributed by atoms with Crippen molar-refractivity contribution in [1.29, 1.82) is 0 Å². The Morgan fingerprint density at radius 3 is 2.71 bits per heavy atom. The molecule has 1 N–H and O–H groups in total. The van der Waals surface area contributed by atoms with Crippen molar-refractivity contribution in [2.24, 2.45) is 0 Å². The number of nitrogens with one attached hydrogen (secondary N) is 1. The minimum atomic E-state index is -3.63. The van der Waals surface area contributed by atoms with Crippen LogP contribution in [0.3, 0.4) is 0 Å². The summed E-state index contributed by atoms with van der Waals surface area (Å²) in [5.74, 6) is 0. The van der Waals surface area contributed by atoms with Crippen LogP contribution in [-0.2, 0) is 10.0 Å². The smallest absolute Gasteiger partial charge is 0.262 e. The Morgan fingerprint density at radius 2 is 1.95 bits per heavy atom. The van der Waals surface area contributed by atoms with Crippen LogP contribution in [0.2, 0.25) is 0 Å². The topological polar surface area (TPSA) is 63.5 Å². The van der Waals surface area contributed by atoms with E-state index in [1.807, 2.05) is 19.2 Å². The number of fused-ring (bicyclic) bond motifs is 1. The minimum Gasteiger partial charge on any atom is -0.305 e. The summed E-state index contributed by atoms with van der Waals surface area (Å²) in [6.07, 6.45) is 5.21. The zero-order valence-corrected chi connectivity index (χ0v) is 12.6. The van der Waals surface area contributed by atoms with Gasteiger partial charge in [0.25, 0.3) is 10.0 Å². The van der Waals surface area contributed by atoms with Crippen molar-refractivity contribution < 1.29 is 8.42 Å². The molecule has 0 radical (unpaired) electrons. The Balaban J connectivity index is 2.05. The molecule has 0 spiro atoms. The number of benzene rings is 1. The van der Waals surface area contributed by atoms with E-state index in [-0.39, 0.29) is 4.90 Å². The third-order valence-corrected chi connectivity index (χ3v) is 4.81. The molecule has 5 nitrogen and oxygen atoms in total. The summed E-state index contributed by atoms with van der Waals surface area (Å²) in [5.41, 5.74) is 2.79. The van der Waals surface area contributed by atoms with E-state index in [1.165, 1.54) is 0 Å². The first-order chi connectivity index (χ1) is 9.97. The van der Waals surface area contributed by atoms with Crippen LogP contribution in [0.15, 0.2) is 53.8 Å². The number of hydrogen-bond donors (Lipinski definition) is 1. The van der Waals surface area contributed by atoms with E-state index >= 15 is 0 Å². The fourth-order valence-electron chi connectivity index (χ4n) is 2.33. The Morgan fingerprint density at radius 1 is 1.14 bits per heavy atom. The first-order valence-electron chi connectivity index (χ1n) is 6.49. The summed E-state index contributed by atoms with van der Waals surface area (Å²) in [5, 5.41) is 0. The molecule has 21 heavy (non-hydrogen) atoms. The molecule has 0 saturated carbocycles. The maximum Gasteiger partial charge on any atom is 0.262 e. The lowest BCUT2D eigenvalue weighted by Gasteiger charge is -2.11. The number of aryl methyl sites for hydroxylation is 2. The molecule has 1 aromatic carbocycles. The highest BCUT2D eigenvalue weighted by Gasteiger charge is 2.18. The molecule has 0 amide bonds. The third-order valence-electron chi connectivity index (χ3n) is 3.28. The standard InChI is InChI=1S/C15H15N3O2S/c1-11-5-6-14(12(2)10-11)21(19,20)17-13-4-3-8-18-9-7-16-15(13)18/h3-10,17H,1-2H3. The molecule has 0 atom stereocenters. The van der Waals surface area contributed by atoms with Gasteiger partial charge in [0, 0.05) is 18.6 Å². The van der Waals surface area contributed by atoms with Gasteiger partial charge in [-0.05, 0) is 37.6 Å². The number of hydrogen-bond acceptors (Lipinski definition) is 3. The third kappa shape index (κ3) is 2.50. The van der Waals surface area contributed by atoms with Crippen LogP contribution in [0.1, 0.15) is 11.1 Å². The summed E-state index contributed by atoms with van der Waals surface area (Å²) in [7, 11) is -3.63.